The first-order valence-electron chi connectivity index (χ1n) is 10.4. The molecule has 2 aromatic rings. The zero-order valence-electron chi connectivity index (χ0n) is 17.2. The molecule has 1 aromatic carbocycles. The van der Waals surface area contributed by atoms with Gasteiger partial charge in [-0.25, -0.2) is 0 Å². The fraction of sp³-hybridized carbons (Fsp3) is 0.417. The number of carbonyl (C=O) groups excluding carboxylic acids is 3. The van der Waals surface area contributed by atoms with Crippen molar-refractivity contribution in [1.82, 2.24) is 10.3 Å². The number of hydrogen-bond donors (Lipinski definition) is 1. The first-order valence-corrected chi connectivity index (χ1v) is 10.8. The van der Waals surface area contributed by atoms with E-state index in [1.807, 2.05) is 32.0 Å². The van der Waals surface area contributed by atoms with Crippen LogP contribution in [0.5, 0.6) is 0 Å². The van der Waals surface area contributed by atoms with E-state index in [2.05, 4.69) is 10.3 Å². The molecule has 156 valence electrons. The number of Topliss-reactive ketones (excluding diaryl/α,β-unsaturated/α-hetero) is 2. The molecule has 6 heteroatoms. The van der Waals surface area contributed by atoms with Crippen molar-refractivity contribution in [2.75, 3.05) is 6.54 Å². The predicted octanol–water partition coefficient (Wildman–Crippen LogP) is 4.18. The second-order valence-electron chi connectivity index (χ2n) is 8.54. The van der Waals surface area contributed by atoms with Gasteiger partial charge in [-0.2, -0.15) is 0 Å². The summed E-state index contributed by atoms with van der Waals surface area (Å²) in [7, 11) is 0. The lowest BCUT2D eigenvalue weighted by Gasteiger charge is -2.17. The van der Waals surface area contributed by atoms with Gasteiger partial charge in [0.15, 0.2) is 5.78 Å². The summed E-state index contributed by atoms with van der Waals surface area (Å²) in [6.45, 7) is 4.51. The smallest absolute Gasteiger partial charge is 0.220 e. The fourth-order valence-electron chi connectivity index (χ4n) is 4.33. The van der Waals surface area contributed by atoms with E-state index in [1.165, 1.54) is 0 Å². The minimum absolute atomic E-state index is 0.0939. The minimum Gasteiger partial charge on any atom is -0.356 e. The Morgan fingerprint density at radius 3 is 2.47 bits per heavy atom. The Labute approximate surface area is 181 Å². The van der Waals surface area contributed by atoms with Gasteiger partial charge in [-0.1, -0.05) is 11.6 Å². The summed E-state index contributed by atoms with van der Waals surface area (Å²) in [6, 6.07) is 7.54. The third-order valence-electron chi connectivity index (χ3n) is 6.08. The molecule has 2 unspecified atom stereocenters. The van der Waals surface area contributed by atoms with Gasteiger partial charge >= 0.3 is 0 Å². The van der Waals surface area contributed by atoms with E-state index in [0.717, 1.165) is 40.8 Å². The highest BCUT2D eigenvalue weighted by molar-refractivity contribution is 6.30. The number of nitrogens with zero attached hydrogens (tertiary/aromatic N) is 1. The van der Waals surface area contributed by atoms with E-state index in [0.29, 0.717) is 17.5 Å². The van der Waals surface area contributed by atoms with Crippen molar-refractivity contribution >= 4 is 29.1 Å². The number of hydrogen-bond acceptors (Lipinski definition) is 4. The van der Waals surface area contributed by atoms with Gasteiger partial charge in [-0.3, -0.25) is 19.4 Å². The number of aromatic nitrogens is 1. The highest BCUT2D eigenvalue weighted by atomic mass is 35.5. The Morgan fingerprint density at radius 1 is 1.17 bits per heavy atom. The van der Waals surface area contributed by atoms with Gasteiger partial charge < -0.3 is 5.32 Å². The maximum Gasteiger partial charge on any atom is 0.220 e. The zero-order valence-corrected chi connectivity index (χ0v) is 18.0. The van der Waals surface area contributed by atoms with Crippen molar-refractivity contribution in [3.8, 4) is 11.3 Å². The van der Waals surface area contributed by atoms with Gasteiger partial charge in [0.05, 0.1) is 10.7 Å². The predicted molar refractivity (Wildman–Crippen MR) is 115 cm³/mol. The van der Waals surface area contributed by atoms with Crippen molar-refractivity contribution in [3.63, 3.8) is 0 Å². The molecule has 2 aliphatic carbocycles. The Morgan fingerprint density at radius 2 is 1.87 bits per heavy atom. The van der Waals surface area contributed by atoms with Crippen LogP contribution in [0, 0.1) is 25.7 Å². The molecule has 2 atom stereocenters. The largest absolute Gasteiger partial charge is 0.356 e. The highest BCUT2D eigenvalue weighted by Crippen LogP contribution is 2.38. The molecule has 0 spiro atoms. The van der Waals surface area contributed by atoms with E-state index in [-0.39, 0.29) is 30.3 Å². The van der Waals surface area contributed by atoms with Crippen molar-refractivity contribution in [3.05, 3.63) is 52.2 Å². The van der Waals surface area contributed by atoms with Crippen molar-refractivity contribution < 1.29 is 14.4 Å². The fourth-order valence-corrected chi connectivity index (χ4v) is 4.44. The monoisotopic (exact) mass is 424 g/mol. The lowest BCUT2D eigenvalue weighted by molar-refractivity contribution is -0.128. The van der Waals surface area contributed by atoms with Crippen molar-refractivity contribution in [1.29, 1.82) is 0 Å². The molecule has 1 N–H and O–H groups in total. The normalized spacial score (nSPS) is 21.2. The average molecular weight is 425 g/mol. The standard InChI is InChI=1S/C24H25ClN2O3/c1-13-7-16(19-6-5-18(25)12-26-19)8-14(2)22(13)23-20(28)9-17(24(23)30)10-21(29)27-11-15-3-4-15/h5-8,12,15,17,23H,3-4,9-11H2,1-2H3,(H,27,29). The lowest BCUT2D eigenvalue weighted by Crippen LogP contribution is -2.29. The Kier molecular flexibility index (Phi) is 5.74. The van der Waals surface area contributed by atoms with E-state index in [9.17, 15) is 14.4 Å². The number of halogens is 1. The topological polar surface area (TPSA) is 76.1 Å². The summed E-state index contributed by atoms with van der Waals surface area (Å²) in [5.41, 5.74) is 4.23. The van der Waals surface area contributed by atoms with Crippen LogP contribution in [-0.2, 0) is 14.4 Å². The Bertz CT molecular complexity index is 989. The molecule has 0 saturated heterocycles. The van der Waals surface area contributed by atoms with E-state index >= 15 is 0 Å². The van der Waals surface area contributed by atoms with Crippen LogP contribution in [-0.4, -0.2) is 29.0 Å². The quantitative estimate of drug-likeness (QED) is 0.706. The minimum atomic E-state index is -0.779. The number of nitrogens with one attached hydrogen (secondary N) is 1. The molecule has 1 aromatic heterocycles. The van der Waals surface area contributed by atoms with Crippen molar-refractivity contribution in [2.45, 2.75) is 45.4 Å². The summed E-state index contributed by atoms with van der Waals surface area (Å²) < 4.78 is 0. The molecule has 30 heavy (non-hydrogen) atoms. The molecule has 5 nitrogen and oxygen atoms in total. The summed E-state index contributed by atoms with van der Waals surface area (Å²) >= 11 is 5.93. The van der Waals surface area contributed by atoms with Gasteiger partial charge in [0.2, 0.25) is 5.91 Å². The average Bonchev–Trinajstić information content (AvgIpc) is 3.48. The van der Waals surface area contributed by atoms with Crippen LogP contribution in [0.25, 0.3) is 11.3 Å². The maximum absolute atomic E-state index is 13.1. The molecule has 2 fully saturated rings. The second-order valence-corrected chi connectivity index (χ2v) is 8.98. The third kappa shape index (κ3) is 4.31. The van der Waals surface area contributed by atoms with E-state index < -0.39 is 11.8 Å². The van der Waals surface area contributed by atoms with Gasteiger partial charge in [0.25, 0.3) is 0 Å². The summed E-state index contributed by atoms with van der Waals surface area (Å²) in [5, 5.41) is 3.46. The van der Waals surface area contributed by atoms with Gasteiger partial charge in [-0.15, -0.1) is 0 Å². The number of rotatable bonds is 6. The van der Waals surface area contributed by atoms with Crippen LogP contribution >= 0.6 is 11.6 Å². The number of carbonyl (C=O) groups is 3. The molecule has 0 aliphatic heterocycles. The summed E-state index contributed by atoms with van der Waals surface area (Å²) in [4.78, 5) is 42.4. The molecule has 1 heterocycles. The highest BCUT2D eigenvalue weighted by Gasteiger charge is 2.44. The molecular formula is C24H25ClN2O3. The third-order valence-corrected chi connectivity index (χ3v) is 6.30. The van der Waals surface area contributed by atoms with Gasteiger partial charge in [0, 0.05) is 37.1 Å². The Hall–Kier alpha value is -2.53. The first kappa shape index (κ1) is 20.7. The van der Waals surface area contributed by atoms with Crippen LogP contribution in [0.1, 0.15) is 48.3 Å². The zero-order chi connectivity index (χ0) is 21.4. The Balaban J connectivity index is 1.53. The van der Waals surface area contributed by atoms with E-state index in [1.54, 1.807) is 12.3 Å². The molecule has 4 rings (SSSR count). The number of benzene rings is 1. The van der Waals surface area contributed by atoms with Crippen molar-refractivity contribution in [2.24, 2.45) is 11.8 Å². The van der Waals surface area contributed by atoms with Gasteiger partial charge in [-0.05, 0) is 73.6 Å². The summed E-state index contributed by atoms with van der Waals surface area (Å²) in [6.07, 6.45) is 4.14. The molecule has 2 aliphatic rings. The van der Waals surface area contributed by atoms with Crippen LogP contribution in [0.3, 0.4) is 0 Å². The number of amides is 1. The van der Waals surface area contributed by atoms with Gasteiger partial charge in [0.1, 0.15) is 11.7 Å². The molecule has 1 amide bonds. The van der Waals surface area contributed by atoms with E-state index in [4.69, 9.17) is 11.6 Å². The molecule has 0 bridgehead atoms. The summed E-state index contributed by atoms with van der Waals surface area (Å²) in [5.74, 6) is -1.09. The molecule has 0 radical (unpaired) electrons. The number of pyridine rings is 1. The SMILES string of the molecule is Cc1cc(-c2ccc(Cl)cn2)cc(C)c1C1C(=O)CC(CC(=O)NCC2CC2)C1=O. The number of aryl methyl sites for hydroxylation is 2. The first-order chi connectivity index (χ1) is 14.3. The number of ketones is 2. The van der Waals surface area contributed by atoms with Crippen LogP contribution in [0.15, 0.2) is 30.5 Å². The van der Waals surface area contributed by atoms with Crippen LogP contribution in [0.4, 0.5) is 0 Å². The maximum atomic E-state index is 13.1. The molecular weight excluding hydrogens is 400 g/mol. The van der Waals surface area contributed by atoms with Crippen LogP contribution in [0.2, 0.25) is 5.02 Å². The second kappa shape index (κ2) is 8.31. The molecule has 2 saturated carbocycles. The van der Waals surface area contributed by atoms with Crippen LogP contribution < -0.4 is 5.32 Å². The lowest BCUT2D eigenvalue weighted by atomic mass is 9.85.